The average molecular weight is 667 g/mol. The van der Waals surface area contributed by atoms with E-state index in [-0.39, 0.29) is 31.4 Å². The molecule has 4 aliphatic rings. The van der Waals surface area contributed by atoms with Gasteiger partial charge in [0.15, 0.2) is 24.1 Å². The summed E-state index contributed by atoms with van der Waals surface area (Å²) in [5.41, 5.74) is 27.5. The first-order valence-corrected chi connectivity index (χ1v) is 15.4. The largest absolute Gasteiger partial charge is 0.394 e. The number of nitrogens with zero attached hydrogens (tertiary/aromatic N) is 1. The summed E-state index contributed by atoms with van der Waals surface area (Å²) in [5.74, 6) is -1.17. The minimum absolute atomic E-state index is 0.0589. The van der Waals surface area contributed by atoms with E-state index in [9.17, 15) is 35.4 Å². The van der Waals surface area contributed by atoms with Crippen LogP contribution in [0.15, 0.2) is 4.99 Å². The van der Waals surface area contributed by atoms with Crippen molar-refractivity contribution in [3.05, 3.63) is 0 Å². The molecule has 0 aromatic rings. The van der Waals surface area contributed by atoms with E-state index in [2.05, 4.69) is 15.6 Å². The molecule has 2 heterocycles. The van der Waals surface area contributed by atoms with Crippen molar-refractivity contribution < 1.29 is 59.5 Å². The Morgan fingerprint density at radius 1 is 0.978 bits per heavy atom. The van der Waals surface area contributed by atoms with Crippen molar-refractivity contribution in [1.82, 2.24) is 10.6 Å². The number of aliphatic imine (C=N–C) groups is 1. The van der Waals surface area contributed by atoms with Crippen molar-refractivity contribution >= 4 is 11.9 Å². The maximum atomic E-state index is 13.2. The van der Waals surface area contributed by atoms with Gasteiger partial charge in [0.25, 0.3) is 5.91 Å². The Kier molecular flexibility index (Phi) is 12.5. The van der Waals surface area contributed by atoms with E-state index in [4.69, 9.17) is 52.7 Å². The molecule has 0 spiro atoms. The number of nitrogens with two attached hydrogens (primary N) is 5. The Hall–Kier alpha value is -1.86. The zero-order valence-corrected chi connectivity index (χ0v) is 25.3. The van der Waals surface area contributed by atoms with E-state index >= 15 is 0 Å². The standard InChI is InChI=1S/C26H50N8O12/c27-11-2-1-10(6-32-5-9(37)7-35)43-22(11)45-20-12(28)3-13(33-24(41)26(42)4-15(26)34-25(30)31)21(19(20)40)46-23-18(39)16(29)17(38)14(8-36)44-23/h9-23,32,35-40,42H,1-8,27-29H2,(H,33,41)(H4,30,31,34)/t9?,10-,11+,12-,13+,14+,15?,16-,17+,18+,19-,20?,21-,22+,23+,26?/m0/s1. The molecule has 0 aromatic heterocycles. The Balaban J connectivity index is 1.50. The number of carbonyl (C=O) groups excluding carboxylic acids is 1. The molecule has 266 valence electrons. The van der Waals surface area contributed by atoms with Gasteiger partial charge >= 0.3 is 0 Å². The summed E-state index contributed by atoms with van der Waals surface area (Å²) in [5, 5.41) is 77.3. The molecule has 20 nitrogen and oxygen atoms in total. The minimum atomic E-state index is -1.93. The topological polar surface area (TPSA) is 362 Å². The van der Waals surface area contributed by atoms with Gasteiger partial charge in [0.2, 0.25) is 0 Å². The third-order valence-corrected chi connectivity index (χ3v) is 8.91. The number of carbonyl (C=O) groups is 1. The quantitative estimate of drug-likeness (QED) is 0.0640. The number of aliphatic hydroxyl groups excluding tert-OH is 6. The molecule has 19 N–H and O–H groups in total. The molecule has 2 aliphatic carbocycles. The number of guanidine groups is 1. The molecule has 1 amide bonds. The fourth-order valence-electron chi connectivity index (χ4n) is 6.01. The van der Waals surface area contributed by atoms with Gasteiger partial charge in [-0.2, -0.15) is 0 Å². The highest BCUT2D eigenvalue weighted by molar-refractivity contribution is 5.90. The molecule has 2 saturated carbocycles. The molecular weight excluding hydrogens is 616 g/mol. The summed E-state index contributed by atoms with van der Waals surface area (Å²) < 4.78 is 23.7. The molecule has 4 rings (SSSR count). The minimum Gasteiger partial charge on any atom is -0.394 e. The van der Waals surface area contributed by atoms with Gasteiger partial charge in [-0.25, -0.2) is 4.99 Å². The van der Waals surface area contributed by atoms with Crippen LogP contribution < -0.4 is 39.3 Å². The van der Waals surface area contributed by atoms with Crippen LogP contribution in [-0.4, -0.2) is 171 Å². The predicted molar refractivity (Wildman–Crippen MR) is 157 cm³/mol. The van der Waals surface area contributed by atoms with Crippen LogP contribution in [0.2, 0.25) is 0 Å². The first-order chi connectivity index (χ1) is 21.7. The molecule has 2 saturated heterocycles. The lowest BCUT2D eigenvalue weighted by atomic mass is 9.83. The highest BCUT2D eigenvalue weighted by atomic mass is 16.7. The Morgan fingerprint density at radius 2 is 1.67 bits per heavy atom. The van der Waals surface area contributed by atoms with Crippen LogP contribution >= 0.6 is 0 Å². The number of aliphatic hydroxyl groups is 7. The number of amides is 1. The van der Waals surface area contributed by atoms with E-state index in [1.54, 1.807) is 0 Å². The van der Waals surface area contributed by atoms with Gasteiger partial charge in [-0.1, -0.05) is 0 Å². The van der Waals surface area contributed by atoms with Gasteiger partial charge in [-0.15, -0.1) is 0 Å². The van der Waals surface area contributed by atoms with Crippen LogP contribution in [0.5, 0.6) is 0 Å². The SMILES string of the molecule is NC(N)=NC1CC1(O)C(=O)N[C@@H]1C[C@H](N)C(O[C@H]2O[C@H](CNCC(O)CO)CC[C@H]2N)[C@H](O)[C@H]1O[C@H]1O[C@H](CO)[C@@H](O)[C@H](N)[C@H]1O. The van der Waals surface area contributed by atoms with Crippen LogP contribution in [0.25, 0.3) is 0 Å². The predicted octanol–water partition coefficient (Wildman–Crippen LogP) is -8.35. The molecule has 4 unspecified atom stereocenters. The number of nitrogens with one attached hydrogen (secondary N) is 2. The number of hydrogen-bond acceptors (Lipinski definition) is 17. The fraction of sp³-hybridized carbons (Fsp3) is 0.923. The normalized spacial score (nSPS) is 45.1. The molecule has 20 heteroatoms. The van der Waals surface area contributed by atoms with Gasteiger partial charge in [0, 0.05) is 25.6 Å². The van der Waals surface area contributed by atoms with Gasteiger partial charge in [0.1, 0.15) is 36.6 Å². The second-order valence-corrected chi connectivity index (χ2v) is 12.5. The van der Waals surface area contributed by atoms with E-state index < -0.39 is 110 Å². The molecular formula is C26H50N8O12. The maximum Gasteiger partial charge on any atom is 0.254 e. The molecule has 2 aliphatic heterocycles. The van der Waals surface area contributed by atoms with E-state index in [1.165, 1.54) is 0 Å². The van der Waals surface area contributed by atoms with Crippen LogP contribution in [-0.2, 0) is 23.7 Å². The lowest BCUT2D eigenvalue weighted by molar-refractivity contribution is -0.314. The smallest absolute Gasteiger partial charge is 0.254 e. The Labute approximate surface area is 265 Å². The third-order valence-electron chi connectivity index (χ3n) is 8.91. The third kappa shape index (κ3) is 8.40. The van der Waals surface area contributed by atoms with Crippen molar-refractivity contribution in [3.8, 4) is 0 Å². The van der Waals surface area contributed by atoms with Gasteiger partial charge in [-0.05, 0) is 19.3 Å². The zero-order chi connectivity index (χ0) is 33.9. The molecule has 0 radical (unpaired) electrons. The summed E-state index contributed by atoms with van der Waals surface area (Å²) >= 11 is 0. The van der Waals surface area contributed by atoms with Gasteiger partial charge in [0.05, 0.1) is 49.6 Å². The van der Waals surface area contributed by atoms with Crippen LogP contribution in [0.3, 0.4) is 0 Å². The lowest BCUT2D eigenvalue weighted by Gasteiger charge is -2.48. The number of rotatable bonds is 13. The first kappa shape index (κ1) is 37.0. The molecule has 4 fully saturated rings. The van der Waals surface area contributed by atoms with Crippen molar-refractivity contribution in [2.24, 2.45) is 33.7 Å². The number of hydrogen-bond donors (Lipinski definition) is 14. The zero-order valence-electron chi connectivity index (χ0n) is 25.3. The van der Waals surface area contributed by atoms with Crippen molar-refractivity contribution in [2.75, 3.05) is 26.3 Å². The van der Waals surface area contributed by atoms with Crippen LogP contribution in [0, 0.1) is 0 Å². The van der Waals surface area contributed by atoms with E-state index in [1.807, 2.05) is 0 Å². The lowest BCUT2D eigenvalue weighted by Crippen LogP contribution is -2.69. The molecule has 16 atom stereocenters. The average Bonchev–Trinajstić information content (AvgIpc) is 3.67. The van der Waals surface area contributed by atoms with E-state index in [0.717, 1.165) is 0 Å². The van der Waals surface area contributed by atoms with E-state index in [0.29, 0.717) is 19.4 Å². The molecule has 0 aromatic carbocycles. The van der Waals surface area contributed by atoms with Crippen molar-refractivity contribution in [3.63, 3.8) is 0 Å². The highest BCUT2D eigenvalue weighted by Crippen LogP contribution is 2.40. The summed E-state index contributed by atoms with van der Waals surface area (Å²) in [6, 6.07) is -4.78. The highest BCUT2D eigenvalue weighted by Gasteiger charge is 2.61. The summed E-state index contributed by atoms with van der Waals surface area (Å²) in [6.45, 7) is -0.595. The Morgan fingerprint density at radius 3 is 2.33 bits per heavy atom. The van der Waals surface area contributed by atoms with Crippen molar-refractivity contribution in [2.45, 2.75) is 123 Å². The monoisotopic (exact) mass is 666 g/mol. The number of ether oxygens (including phenoxy) is 4. The van der Waals surface area contributed by atoms with Gasteiger partial charge < -0.3 is 94.0 Å². The first-order valence-electron chi connectivity index (χ1n) is 15.4. The van der Waals surface area contributed by atoms with Crippen LogP contribution in [0.1, 0.15) is 25.7 Å². The Bertz CT molecular complexity index is 1040. The van der Waals surface area contributed by atoms with Crippen LogP contribution in [0.4, 0.5) is 0 Å². The molecule has 0 bridgehead atoms. The second kappa shape index (κ2) is 15.6. The molecule has 46 heavy (non-hydrogen) atoms. The fourth-order valence-corrected chi connectivity index (χ4v) is 6.01. The maximum absolute atomic E-state index is 13.2. The summed E-state index contributed by atoms with van der Waals surface area (Å²) in [7, 11) is 0. The second-order valence-electron chi connectivity index (χ2n) is 12.5. The summed E-state index contributed by atoms with van der Waals surface area (Å²) in [6.07, 6.45) is -11.4. The summed E-state index contributed by atoms with van der Waals surface area (Å²) in [4.78, 5) is 17.0. The van der Waals surface area contributed by atoms with Gasteiger partial charge in [-0.3, -0.25) is 4.79 Å². The van der Waals surface area contributed by atoms with Crippen molar-refractivity contribution in [1.29, 1.82) is 0 Å².